The summed E-state index contributed by atoms with van der Waals surface area (Å²) in [5.41, 5.74) is 9.90. The molecule has 1 saturated heterocycles. The fourth-order valence-electron chi connectivity index (χ4n) is 5.20. The van der Waals surface area contributed by atoms with E-state index in [1.54, 1.807) is 18.5 Å². The second-order valence-electron chi connectivity index (χ2n) is 9.19. The van der Waals surface area contributed by atoms with Gasteiger partial charge in [-0.3, -0.25) is 9.58 Å². The smallest absolute Gasteiger partial charge is 0.166 e. The van der Waals surface area contributed by atoms with Gasteiger partial charge in [0, 0.05) is 48.4 Å². The number of ether oxygens (including phenoxy) is 1. The number of rotatable bonds is 6. The van der Waals surface area contributed by atoms with Crippen LogP contribution in [0.25, 0.3) is 11.3 Å². The number of pyridine rings is 1. The molecule has 0 saturated carbocycles. The Bertz CT molecular complexity index is 1320. The van der Waals surface area contributed by atoms with Crippen molar-refractivity contribution in [3.8, 4) is 17.0 Å². The number of benzene rings is 1. The predicted molar refractivity (Wildman–Crippen MR) is 125 cm³/mol. The molecule has 34 heavy (non-hydrogen) atoms. The zero-order valence-electron chi connectivity index (χ0n) is 18.7. The summed E-state index contributed by atoms with van der Waals surface area (Å²) in [6.45, 7) is 4.00. The van der Waals surface area contributed by atoms with Crippen molar-refractivity contribution in [2.75, 3.05) is 18.8 Å². The molecule has 0 radical (unpaired) electrons. The Morgan fingerprint density at radius 2 is 2.06 bits per heavy atom. The zero-order valence-corrected chi connectivity index (χ0v) is 18.7. The summed E-state index contributed by atoms with van der Waals surface area (Å²) in [6, 6.07) is 10.4. The minimum absolute atomic E-state index is 0.121. The molecule has 2 aliphatic rings. The molecule has 0 bridgehead atoms. The van der Waals surface area contributed by atoms with Crippen LogP contribution in [0.3, 0.4) is 0 Å². The normalized spacial score (nSPS) is 19.7. The molecule has 8 nitrogen and oxygen atoms in total. The zero-order chi connectivity index (χ0) is 23.1. The van der Waals surface area contributed by atoms with Crippen LogP contribution in [0.5, 0.6) is 5.75 Å². The number of aryl methyl sites for hydroxylation is 1. The van der Waals surface area contributed by atoms with Crippen LogP contribution in [-0.4, -0.2) is 42.7 Å². The van der Waals surface area contributed by atoms with E-state index in [4.69, 9.17) is 15.6 Å². The number of nitrogen functional groups attached to an aromatic ring is 1. The molecule has 3 N–H and O–H groups in total. The number of imidazole rings is 1. The monoisotopic (exact) mass is 459 g/mol. The first-order valence-corrected chi connectivity index (χ1v) is 11.5. The summed E-state index contributed by atoms with van der Waals surface area (Å²) in [5.74, 6) is 1.47. The number of nitrogens with zero attached hydrogens (tertiary/aromatic N) is 5. The predicted octanol–water partition coefficient (Wildman–Crippen LogP) is 3.52. The molecule has 2 aliphatic heterocycles. The van der Waals surface area contributed by atoms with Gasteiger partial charge in [-0.2, -0.15) is 5.10 Å². The van der Waals surface area contributed by atoms with Crippen molar-refractivity contribution in [1.29, 1.82) is 0 Å². The molecule has 174 valence electrons. The van der Waals surface area contributed by atoms with E-state index in [2.05, 4.69) is 30.6 Å². The number of anilines is 1. The van der Waals surface area contributed by atoms with E-state index < -0.39 is 0 Å². The summed E-state index contributed by atoms with van der Waals surface area (Å²) in [6.07, 6.45) is 7.61. The third-order valence-electron chi connectivity index (χ3n) is 6.95. The molecule has 1 atom stereocenters. The average molecular weight is 460 g/mol. The number of fused-ring (bicyclic) bond motifs is 2. The minimum atomic E-state index is -0.294. The number of H-pyrrole nitrogens is 1. The van der Waals surface area contributed by atoms with E-state index in [1.165, 1.54) is 17.8 Å². The highest BCUT2D eigenvalue weighted by Gasteiger charge is 2.45. The van der Waals surface area contributed by atoms with E-state index >= 15 is 0 Å². The number of hydrogen-bond donors (Lipinski definition) is 2. The van der Waals surface area contributed by atoms with Crippen LogP contribution >= 0.6 is 0 Å². The first-order chi connectivity index (χ1) is 16.6. The highest BCUT2D eigenvalue weighted by atomic mass is 19.1. The van der Waals surface area contributed by atoms with Gasteiger partial charge in [-0.05, 0) is 49.2 Å². The topological polar surface area (TPSA) is 97.9 Å². The number of likely N-dealkylation sites (tertiary alicyclic amines) is 1. The van der Waals surface area contributed by atoms with Crippen LogP contribution < -0.4 is 10.5 Å². The van der Waals surface area contributed by atoms with Gasteiger partial charge in [0.05, 0.1) is 12.2 Å². The van der Waals surface area contributed by atoms with Gasteiger partial charge in [0.1, 0.15) is 18.2 Å². The van der Waals surface area contributed by atoms with E-state index in [1.807, 2.05) is 18.3 Å². The molecule has 0 amide bonds. The molecule has 1 unspecified atom stereocenters. The van der Waals surface area contributed by atoms with Crippen LogP contribution in [0, 0.1) is 5.82 Å². The second kappa shape index (κ2) is 8.25. The average Bonchev–Trinajstić information content (AvgIpc) is 3.62. The summed E-state index contributed by atoms with van der Waals surface area (Å²) < 4.78 is 21.5. The van der Waals surface area contributed by atoms with Crippen molar-refractivity contribution >= 4 is 5.82 Å². The van der Waals surface area contributed by atoms with Crippen molar-refractivity contribution in [3.63, 3.8) is 0 Å². The van der Waals surface area contributed by atoms with Gasteiger partial charge in [-0.15, -0.1) is 0 Å². The van der Waals surface area contributed by atoms with Crippen LogP contribution in [0.15, 0.2) is 55.0 Å². The maximum Gasteiger partial charge on any atom is 0.166 e. The molecule has 3 aromatic heterocycles. The van der Waals surface area contributed by atoms with Crippen LogP contribution in [-0.2, 0) is 25.1 Å². The van der Waals surface area contributed by atoms with Crippen molar-refractivity contribution in [2.24, 2.45) is 0 Å². The SMILES string of the molecule is Nc1ncc(-c2cc3n(n2)CCC32CCN(Cc3ncc[nH]3)C2)cc1OCc1cccc(F)c1. The lowest BCUT2D eigenvalue weighted by Gasteiger charge is -2.23. The third kappa shape index (κ3) is 3.81. The standard InChI is InChI=1S/C25H26FN7O/c26-19-3-1-2-17(10-19)15-34-21-11-18(13-30-24(21)27)20-12-22-25(5-9-33(22)31-20)4-8-32(16-25)14-23-28-6-7-29-23/h1-3,6-7,10-13H,4-5,8-9,14-16H2,(H2,27,30)(H,28,29). The molecule has 4 aromatic rings. The van der Waals surface area contributed by atoms with Crippen LogP contribution in [0.1, 0.15) is 29.9 Å². The van der Waals surface area contributed by atoms with Gasteiger partial charge in [-0.25, -0.2) is 14.4 Å². The number of aromatic amines is 1. The fraction of sp³-hybridized carbons (Fsp3) is 0.320. The van der Waals surface area contributed by atoms with E-state index in [0.29, 0.717) is 11.6 Å². The number of nitrogens with two attached hydrogens (primary N) is 1. The first kappa shape index (κ1) is 20.9. The Kier molecular flexibility index (Phi) is 5.06. The summed E-state index contributed by atoms with van der Waals surface area (Å²) in [4.78, 5) is 14.4. The maximum absolute atomic E-state index is 13.5. The highest BCUT2D eigenvalue weighted by molar-refractivity contribution is 5.64. The molecular weight excluding hydrogens is 433 g/mol. The van der Waals surface area contributed by atoms with E-state index in [-0.39, 0.29) is 17.8 Å². The quantitative estimate of drug-likeness (QED) is 0.458. The van der Waals surface area contributed by atoms with Crippen molar-refractivity contribution in [1.82, 2.24) is 29.6 Å². The largest absolute Gasteiger partial charge is 0.485 e. The lowest BCUT2D eigenvalue weighted by Crippen LogP contribution is -2.29. The molecule has 5 heterocycles. The first-order valence-electron chi connectivity index (χ1n) is 11.5. The van der Waals surface area contributed by atoms with Gasteiger partial charge in [0.25, 0.3) is 0 Å². The highest BCUT2D eigenvalue weighted by Crippen LogP contribution is 2.44. The number of hydrogen-bond acceptors (Lipinski definition) is 6. The lowest BCUT2D eigenvalue weighted by molar-refractivity contribution is 0.295. The molecular formula is C25H26FN7O. The van der Waals surface area contributed by atoms with Gasteiger partial charge in [-0.1, -0.05) is 12.1 Å². The van der Waals surface area contributed by atoms with Gasteiger partial charge >= 0.3 is 0 Å². The minimum Gasteiger partial charge on any atom is -0.485 e. The molecule has 1 aromatic carbocycles. The summed E-state index contributed by atoms with van der Waals surface area (Å²) >= 11 is 0. The van der Waals surface area contributed by atoms with Gasteiger partial charge in [0.2, 0.25) is 0 Å². The van der Waals surface area contributed by atoms with Crippen molar-refractivity contribution in [2.45, 2.75) is 38.0 Å². The van der Waals surface area contributed by atoms with Crippen LogP contribution in [0.2, 0.25) is 0 Å². The Morgan fingerprint density at radius 1 is 1.15 bits per heavy atom. The van der Waals surface area contributed by atoms with Crippen molar-refractivity contribution < 1.29 is 9.13 Å². The molecule has 9 heteroatoms. The molecule has 1 fully saturated rings. The Balaban J connectivity index is 1.21. The Morgan fingerprint density at radius 3 is 2.91 bits per heavy atom. The Hall–Kier alpha value is -3.72. The van der Waals surface area contributed by atoms with Crippen molar-refractivity contribution in [3.05, 3.63) is 77.9 Å². The molecule has 6 rings (SSSR count). The lowest BCUT2D eigenvalue weighted by atomic mass is 9.82. The fourth-order valence-corrected chi connectivity index (χ4v) is 5.20. The summed E-state index contributed by atoms with van der Waals surface area (Å²) in [5, 5.41) is 4.88. The van der Waals surface area contributed by atoms with E-state index in [0.717, 1.165) is 61.7 Å². The maximum atomic E-state index is 13.5. The van der Waals surface area contributed by atoms with Crippen LogP contribution in [0.4, 0.5) is 10.2 Å². The van der Waals surface area contributed by atoms with Gasteiger partial charge in [0.15, 0.2) is 11.6 Å². The number of nitrogens with one attached hydrogen (secondary N) is 1. The number of halogens is 1. The third-order valence-corrected chi connectivity index (χ3v) is 6.95. The molecule has 0 aliphatic carbocycles. The Labute approximate surface area is 196 Å². The summed E-state index contributed by atoms with van der Waals surface area (Å²) in [7, 11) is 0. The number of aromatic nitrogens is 5. The van der Waals surface area contributed by atoms with E-state index in [9.17, 15) is 4.39 Å². The second-order valence-corrected chi connectivity index (χ2v) is 9.19. The molecule has 1 spiro atoms. The van der Waals surface area contributed by atoms with Gasteiger partial charge < -0.3 is 15.5 Å².